The zero-order valence-corrected chi connectivity index (χ0v) is 15.8. The zero-order chi connectivity index (χ0) is 18.6. The zero-order valence-electron chi connectivity index (χ0n) is 15.0. The molecule has 0 aromatic heterocycles. The van der Waals surface area contributed by atoms with Crippen molar-refractivity contribution in [1.82, 2.24) is 5.32 Å². The van der Waals surface area contributed by atoms with Crippen LogP contribution in [-0.2, 0) is 14.8 Å². The Morgan fingerprint density at radius 1 is 1.12 bits per heavy atom. The van der Waals surface area contributed by atoms with Crippen molar-refractivity contribution < 1.29 is 13.2 Å². The molecule has 6 heteroatoms. The van der Waals surface area contributed by atoms with Gasteiger partial charge in [0.05, 0.1) is 18.0 Å². The van der Waals surface area contributed by atoms with Crippen LogP contribution in [0.15, 0.2) is 48.5 Å². The second-order valence-electron chi connectivity index (χ2n) is 6.26. The lowest BCUT2D eigenvalue weighted by Crippen LogP contribution is -2.41. The molecule has 0 saturated heterocycles. The van der Waals surface area contributed by atoms with Crippen LogP contribution < -0.4 is 9.62 Å². The van der Waals surface area contributed by atoms with Gasteiger partial charge < -0.3 is 5.32 Å². The second kappa shape index (κ2) is 7.70. The summed E-state index contributed by atoms with van der Waals surface area (Å²) in [5.41, 5.74) is 3.34. The summed E-state index contributed by atoms with van der Waals surface area (Å²) in [6, 6.07) is 14.8. The fraction of sp³-hybridized carbons (Fsp3) is 0.316. The molecule has 5 nitrogen and oxygen atoms in total. The molecule has 1 atom stereocenters. The summed E-state index contributed by atoms with van der Waals surface area (Å²) in [5.74, 6) is -0.346. The number of anilines is 1. The standard InChI is InChI=1S/C19H24N2O3S/c1-14-10-11-18(15(2)12-14)21(25(4,23)24)13-19(22)20-16(3)17-8-6-5-7-9-17/h5-12,16H,13H2,1-4H3,(H,20,22). The van der Waals surface area contributed by atoms with Crippen molar-refractivity contribution in [1.29, 1.82) is 0 Å². The Morgan fingerprint density at radius 2 is 1.76 bits per heavy atom. The van der Waals surface area contributed by atoms with Crippen molar-refractivity contribution in [2.75, 3.05) is 17.1 Å². The summed E-state index contributed by atoms with van der Waals surface area (Å²) in [5, 5.41) is 2.85. The summed E-state index contributed by atoms with van der Waals surface area (Å²) in [7, 11) is -3.58. The highest BCUT2D eigenvalue weighted by molar-refractivity contribution is 7.92. The molecule has 0 fully saturated rings. The molecule has 0 aliphatic rings. The van der Waals surface area contributed by atoms with Crippen molar-refractivity contribution >= 4 is 21.6 Å². The normalized spacial score (nSPS) is 12.5. The molecular formula is C19H24N2O3S. The first kappa shape index (κ1) is 19.0. The molecule has 0 heterocycles. The number of sulfonamides is 1. The van der Waals surface area contributed by atoms with E-state index >= 15 is 0 Å². The van der Waals surface area contributed by atoms with Gasteiger partial charge in [0.15, 0.2) is 0 Å². The van der Waals surface area contributed by atoms with Gasteiger partial charge in [-0.25, -0.2) is 8.42 Å². The van der Waals surface area contributed by atoms with E-state index in [2.05, 4.69) is 5.32 Å². The Morgan fingerprint density at radius 3 is 2.32 bits per heavy atom. The summed E-state index contributed by atoms with van der Waals surface area (Å²) < 4.78 is 25.6. The molecule has 2 aromatic rings. The van der Waals surface area contributed by atoms with E-state index in [1.54, 1.807) is 6.07 Å². The number of aryl methyl sites for hydroxylation is 2. The van der Waals surface area contributed by atoms with E-state index in [-0.39, 0.29) is 18.5 Å². The molecule has 1 unspecified atom stereocenters. The molecule has 1 N–H and O–H groups in total. The van der Waals surface area contributed by atoms with Crippen LogP contribution in [0.25, 0.3) is 0 Å². The quantitative estimate of drug-likeness (QED) is 0.861. The molecule has 0 aliphatic heterocycles. The highest BCUT2D eigenvalue weighted by Crippen LogP contribution is 2.23. The van der Waals surface area contributed by atoms with Gasteiger partial charge in [0, 0.05) is 0 Å². The van der Waals surface area contributed by atoms with Crippen LogP contribution in [0.3, 0.4) is 0 Å². The van der Waals surface area contributed by atoms with Crippen LogP contribution >= 0.6 is 0 Å². The third-order valence-corrected chi connectivity index (χ3v) is 5.11. The fourth-order valence-electron chi connectivity index (χ4n) is 2.71. The predicted octanol–water partition coefficient (Wildman–Crippen LogP) is 2.95. The molecule has 2 rings (SSSR count). The largest absolute Gasteiger partial charge is 0.348 e. The molecular weight excluding hydrogens is 336 g/mol. The van der Waals surface area contributed by atoms with E-state index in [9.17, 15) is 13.2 Å². The number of benzene rings is 2. The number of amides is 1. The number of rotatable bonds is 6. The van der Waals surface area contributed by atoms with Crippen LogP contribution in [0, 0.1) is 13.8 Å². The number of carbonyl (C=O) groups is 1. The molecule has 0 spiro atoms. The number of carbonyl (C=O) groups excluding carboxylic acids is 1. The monoisotopic (exact) mass is 360 g/mol. The van der Waals surface area contributed by atoms with E-state index in [0.717, 1.165) is 27.3 Å². The molecule has 0 radical (unpaired) electrons. The Balaban J connectivity index is 2.19. The van der Waals surface area contributed by atoms with Crippen molar-refractivity contribution in [2.45, 2.75) is 26.8 Å². The molecule has 0 saturated carbocycles. The molecule has 2 aromatic carbocycles. The van der Waals surface area contributed by atoms with Crippen LogP contribution in [0.5, 0.6) is 0 Å². The van der Waals surface area contributed by atoms with E-state index in [1.807, 2.05) is 63.2 Å². The Kier molecular flexibility index (Phi) is 5.85. The average Bonchev–Trinajstić information content (AvgIpc) is 2.53. The number of hydrogen-bond acceptors (Lipinski definition) is 3. The lowest BCUT2D eigenvalue weighted by Gasteiger charge is -2.25. The molecule has 0 aliphatic carbocycles. The van der Waals surface area contributed by atoms with Crippen LogP contribution in [-0.4, -0.2) is 27.1 Å². The van der Waals surface area contributed by atoms with Gasteiger partial charge >= 0.3 is 0 Å². The summed E-state index contributed by atoms with van der Waals surface area (Å²) >= 11 is 0. The van der Waals surface area contributed by atoms with Crippen LogP contribution in [0.1, 0.15) is 29.7 Å². The Hall–Kier alpha value is -2.34. The average molecular weight is 360 g/mol. The first-order valence-electron chi connectivity index (χ1n) is 8.08. The molecule has 134 valence electrons. The molecule has 0 bridgehead atoms. The highest BCUT2D eigenvalue weighted by Gasteiger charge is 2.23. The molecule has 25 heavy (non-hydrogen) atoms. The van der Waals surface area contributed by atoms with E-state index in [1.165, 1.54) is 0 Å². The first-order chi connectivity index (χ1) is 11.7. The summed E-state index contributed by atoms with van der Waals surface area (Å²) in [4.78, 5) is 12.4. The van der Waals surface area contributed by atoms with E-state index in [0.29, 0.717) is 5.69 Å². The van der Waals surface area contributed by atoms with Gasteiger partial charge in [-0.1, -0.05) is 48.0 Å². The van der Waals surface area contributed by atoms with E-state index in [4.69, 9.17) is 0 Å². The van der Waals surface area contributed by atoms with Gasteiger partial charge in [0.2, 0.25) is 15.9 Å². The summed E-state index contributed by atoms with van der Waals surface area (Å²) in [6.45, 7) is 5.40. The summed E-state index contributed by atoms with van der Waals surface area (Å²) in [6.07, 6.45) is 1.11. The number of hydrogen-bond donors (Lipinski definition) is 1. The lowest BCUT2D eigenvalue weighted by atomic mass is 10.1. The minimum atomic E-state index is -3.58. The van der Waals surface area contributed by atoms with Crippen molar-refractivity contribution in [3.8, 4) is 0 Å². The minimum absolute atomic E-state index is 0.200. The van der Waals surface area contributed by atoms with Crippen LogP contribution in [0.2, 0.25) is 0 Å². The highest BCUT2D eigenvalue weighted by atomic mass is 32.2. The maximum Gasteiger partial charge on any atom is 0.241 e. The van der Waals surface area contributed by atoms with Crippen LogP contribution in [0.4, 0.5) is 5.69 Å². The lowest BCUT2D eigenvalue weighted by molar-refractivity contribution is -0.120. The van der Waals surface area contributed by atoms with Gasteiger partial charge in [0.25, 0.3) is 0 Å². The number of nitrogens with zero attached hydrogens (tertiary/aromatic N) is 1. The van der Waals surface area contributed by atoms with E-state index < -0.39 is 10.0 Å². The Labute approximate surface area is 149 Å². The van der Waals surface area contributed by atoms with Gasteiger partial charge in [-0.15, -0.1) is 0 Å². The first-order valence-corrected chi connectivity index (χ1v) is 9.92. The maximum absolute atomic E-state index is 12.4. The third-order valence-electron chi connectivity index (χ3n) is 3.99. The SMILES string of the molecule is Cc1ccc(N(CC(=O)NC(C)c2ccccc2)S(C)(=O)=O)c(C)c1. The van der Waals surface area contributed by atoms with Crippen molar-refractivity contribution in [3.63, 3.8) is 0 Å². The van der Waals surface area contributed by atoms with Gasteiger partial charge in [-0.3, -0.25) is 9.10 Å². The van der Waals surface area contributed by atoms with Gasteiger partial charge in [-0.2, -0.15) is 0 Å². The Bertz CT molecular complexity index is 848. The number of nitrogens with one attached hydrogen (secondary N) is 1. The third kappa shape index (κ3) is 5.06. The maximum atomic E-state index is 12.4. The predicted molar refractivity (Wildman–Crippen MR) is 101 cm³/mol. The second-order valence-corrected chi connectivity index (χ2v) is 8.17. The van der Waals surface area contributed by atoms with Gasteiger partial charge in [0.1, 0.15) is 6.54 Å². The topological polar surface area (TPSA) is 66.5 Å². The molecule has 1 amide bonds. The van der Waals surface area contributed by atoms with Crippen molar-refractivity contribution in [3.05, 3.63) is 65.2 Å². The van der Waals surface area contributed by atoms with Crippen molar-refractivity contribution in [2.24, 2.45) is 0 Å². The van der Waals surface area contributed by atoms with Gasteiger partial charge in [-0.05, 0) is 38.0 Å². The fourth-order valence-corrected chi connectivity index (χ4v) is 3.62. The minimum Gasteiger partial charge on any atom is -0.348 e. The smallest absolute Gasteiger partial charge is 0.241 e.